The van der Waals surface area contributed by atoms with Crippen LogP contribution in [0.3, 0.4) is 0 Å². The zero-order chi connectivity index (χ0) is 11.4. The van der Waals surface area contributed by atoms with Crippen LogP contribution in [0.4, 0.5) is 0 Å². The maximum atomic E-state index is 10.7. The summed E-state index contributed by atoms with van der Waals surface area (Å²) in [4.78, 5) is 10.7. The van der Waals surface area contributed by atoms with E-state index in [0.717, 1.165) is 0 Å². The summed E-state index contributed by atoms with van der Waals surface area (Å²) in [6.07, 6.45) is 0.184. The lowest BCUT2D eigenvalue weighted by Gasteiger charge is -2.09. The molecule has 5 nitrogen and oxygen atoms in total. The second-order valence-electron chi connectivity index (χ2n) is 2.96. The molecule has 0 spiro atoms. The van der Waals surface area contributed by atoms with Gasteiger partial charge in [0.1, 0.15) is 0 Å². The Hall–Kier alpha value is -1.75. The molecule has 0 saturated heterocycles. The number of aliphatic hydroxyl groups excluding tert-OH is 1. The number of benzene rings is 1. The SMILES string of the molecule is COc1cc(C(=O)O)cc(CCO)c1O. The quantitative estimate of drug-likeness (QED) is 0.681. The molecule has 1 aromatic rings. The second kappa shape index (κ2) is 4.65. The number of ether oxygens (including phenoxy) is 1. The molecule has 0 bridgehead atoms. The molecule has 0 aliphatic heterocycles. The van der Waals surface area contributed by atoms with E-state index in [-0.39, 0.29) is 30.1 Å². The van der Waals surface area contributed by atoms with Crippen LogP contribution in [-0.2, 0) is 6.42 Å². The third kappa shape index (κ3) is 2.38. The van der Waals surface area contributed by atoms with Crippen LogP contribution in [0, 0.1) is 0 Å². The van der Waals surface area contributed by atoms with Gasteiger partial charge >= 0.3 is 5.97 Å². The standard InChI is InChI=1S/C10H12O5/c1-15-8-5-7(10(13)14)4-6(2-3-11)9(8)12/h4-5,11-12H,2-3H2,1H3,(H,13,14). The summed E-state index contributed by atoms with van der Waals surface area (Å²) >= 11 is 0. The maximum Gasteiger partial charge on any atom is 0.335 e. The van der Waals surface area contributed by atoms with Crippen molar-refractivity contribution in [2.75, 3.05) is 13.7 Å². The van der Waals surface area contributed by atoms with Crippen LogP contribution < -0.4 is 4.74 Å². The summed E-state index contributed by atoms with van der Waals surface area (Å²) in [6, 6.07) is 2.55. The molecule has 3 N–H and O–H groups in total. The summed E-state index contributed by atoms with van der Waals surface area (Å²) in [6.45, 7) is -0.167. The third-order valence-electron chi connectivity index (χ3n) is 2.00. The van der Waals surface area contributed by atoms with Crippen LogP contribution >= 0.6 is 0 Å². The highest BCUT2D eigenvalue weighted by molar-refractivity contribution is 5.89. The minimum atomic E-state index is -1.10. The molecule has 0 fully saturated rings. The van der Waals surface area contributed by atoms with E-state index in [1.165, 1.54) is 19.2 Å². The lowest BCUT2D eigenvalue weighted by atomic mass is 10.1. The number of phenols is 1. The first-order valence-corrected chi connectivity index (χ1v) is 4.34. The Morgan fingerprint density at radius 2 is 2.13 bits per heavy atom. The van der Waals surface area contributed by atoms with Gasteiger partial charge in [-0.3, -0.25) is 0 Å². The van der Waals surface area contributed by atoms with Crippen LogP contribution in [-0.4, -0.2) is 35.0 Å². The zero-order valence-electron chi connectivity index (χ0n) is 8.23. The predicted octanol–water partition coefficient (Wildman–Crippen LogP) is 0.634. The number of carboxylic acids is 1. The first-order valence-electron chi connectivity index (χ1n) is 4.34. The van der Waals surface area contributed by atoms with Gasteiger partial charge in [-0.15, -0.1) is 0 Å². The summed E-state index contributed by atoms with van der Waals surface area (Å²) in [7, 11) is 1.34. The normalized spacial score (nSPS) is 10.0. The number of carboxylic acid groups (broad SMARTS) is 1. The summed E-state index contributed by atoms with van der Waals surface area (Å²) < 4.78 is 4.83. The molecule has 0 heterocycles. The maximum absolute atomic E-state index is 10.7. The zero-order valence-corrected chi connectivity index (χ0v) is 8.23. The molecule has 0 atom stereocenters. The minimum absolute atomic E-state index is 0.0214. The fraction of sp³-hybridized carbons (Fsp3) is 0.300. The number of hydrogen-bond acceptors (Lipinski definition) is 4. The monoisotopic (exact) mass is 212 g/mol. The van der Waals surface area contributed by atoms with Gasteiger partial charge in [-0.1, -0.05) is 0 Å². The van der Waals surface area contributed by atoms with Crippen LogP contribution in [0.5, 0.6) is 11.5 Å². The molecule has 0 aliphatic carbocycles. The lowest BCUT2D eigenvalue weighted by Crippen LogP contribution is -2.01. The molecule has 82 valence electrons. The van der Waals surface area contributed by atoms with Gasteiger partial charge in [0.05, 0.1) is 12.7 Å². The fourth-order valence-corrected chi connectivity index (χ4v) is 1.26. The average Bonchev–Trinajstić information content (AvgIpc) is 2.21. The third-order valence-corrected chi connectivity index (χ3v) is 2.00. The van der Waals surface area contributed by atoms with Crippen molar-refractivity contribution in [1.82, 2.24) is 0 Å². The van der Waals surface area contributed by atoms with Gasteiger partial charge in [-0.05, 0) is 18.6 Å². The van der Waals surface area contributed by atoms with Gasteiger partial charge < -0.3 is 20.1 Å². The summed E-state index contributed by atoms with van der Waals surface area (Å²) in [5.41, 5.74) is 0.377. The Bertz CT molecular complexity index is 372. The molecule has 0 saturated carbocycles. The molecule has 5 heteroatoms. The minimum Gasteiger partial charge on any atom is -0.504 e. The van der Waals surface area contributed by atoms with Crippen molar-refractivity contribution in [2.24, 2.45) is 0 Å². The van der Waals surface area contributed by atoms with Crippen molar-refractivity contribution in [1.29, 1.82) is 0 Å². The van der Waals surface area contributed by atoms with Crippen LogP contribution in [0.25, 0.3) is 0 Å². The van der Waals surface area contributed by atoms with Gasteiger partial charge in [-0.25, -0.2) is 4.79 Å². The predicted molar refractivity (Wildman–Crippen MR) is 52.4 cm³/mol. The molecule has 15 heavy (non-hydrogen) atoms. The Morgan fingerprint density at radius 3 is 2.60 bits per heavy atom. The Kier molecular flexibility index (Phi) is 3.51. The van der Waals surface area contributed by atoms with Crippen molar-refractivity contribution in [3.05, 3.63) is 23.3 Å². The first kappa shape index (κ1) is 11.3. The fourth-order valence-electron chi connectivity index (χ4n) is 1.26. The van der Waals surface area contributed by atoms with Crippen LogP contribution in [0.2, 0.25) is 0 Å². The van der Waals surface area contributed by atoms with Gasteiger partial charge in [0.25, 0.3) is 0 Å². The van der Waals surface area contributed by atoms with Gasteiger partial charge in [0, 0.05) is 12.2 Å². The lowest BCUT2D eigenvalue weighted by molar-refractivity contribution is 0.0696. The topological polar surface area (TPSA) is 87.0 Å². The Balaban J connectivity index is 3.25. The van der Waals surface area contributed by atoms with Crippen LogP contribution in [0.15, 0.2) is 12.1 Å². The molecule has 0 aliphatic rings. The molecule has 0 unspecified atom stereocenters. The molecule has 0 aromatic heterocycles. The summed E-state index contributed by atoms with van der Waals surface area (Å²) in [5.74, 6) is -1.14. The molecule has 1 aromatic carbocycles. The number of aliphatic hydroxyl groups is 1. The molecule has 0 radical (unpaired) electrons. The van der Waals surface area contributed by atoms with E-state index in [9.17, 15) is 9.90 Å². The highest BCUT2D eigenvalue weighted by atomic mass is 16.5. The number of phenolic OH excluding ortho intramolecular Hbond substituents is 1. The van der Waals surface area contributed by atoms with Crippen molar-refractivity contribution < 1.29 is 24.9 Å². The smallest absolute Gasteiger partial charge is 0.335 e. The van der Waals surface area contributed by atoms with Gasteiger partial charge in [0.2, 0.25) is 0 Å². The number of aromatic carboxylic acids is 1. The number of rotatable bonds is 4. The van der Waals surface area contributed by atoms with E-state index in [1.54, 1.807) is 0 Å². The van der Waals surface area contributed by atoms with Gasteiger partial charge in [0.15, 0.2) is 11.5 Å². The van der Waals surface area contributed by atoms with Crippen molar-refractivity contribution in [3.8, 4) is 11.5 Å². The number of carbonyl (C=O) groups is 1. The number of aromatic hydroxyl groups is 1. The molecular formula is C10H12O5. The second-order valence-corrected chi connectivity index (χ2v) is 2.96. The molecule has 0 amide bonds. The van der Waals surface area contributed by atoms with E-state index in [1.807, 2.05) is 0 Å². The van der Waals surface area contributed by atoms with Crippen LogP contribution in [0.1, 0.15) is 15.9 Å². The highest BCUT2D eigenvalue weighted by Gasteiger charge is 2.13. The first-order chi connectivity index (χ1) is 7.10. The van der Waals surface area contributed by atoms with Gasteiger partial charge in [-0.2, -0.15) is 0 Å². The van der Waals surface area contributed by atoms with E-state index >= 15 is 0 Å². The van der Waals surface area contributed by atoms with E-state index in [4.69, 9.17) is 14.9 Å². The largest absolute Gasteiger partial charge is 0.504 e. The number of hydrogen-bond donors (Lipinski definition) is 3. The summed E-state index contributed by atoms with van der Waals surface area (Å²) in [5, 5.41) is 27.1. The Morgan fingerprint density at radius 1 is 1.47 bits per heavy atom. The molecule has 1 rings (SSSR count). The van der Waals surface area contributed by atoms with Crippen molar-refractivity contribution in [2.45, 2.75) is 6.42 Å². The Labute approximate surface area is 86.5 Å². The van der Waals surface area contributed by atoms with E-state index < -0.39 is 5.97 Å². The molecular weight excluding hydrogens is 200 g/mol. The van der Waals surface area contributed by atoms with Crippen molar-refractivity contribution in [3.63, 3.8) is 0 Å². The van der Waals surface area contributed by atoms with E-state index in [0.29, 0.717) is 5.56 Å². The average molecular weight is 212 g/mol. The van der Waals surface area contributed by atoms with E-state index in [2.05, 4.69) is 0 Å². The highest BCUT2D eigenvalue weighted by Crippen LogP contribution is 2.31. The number of methoxy groups -OCH3 is 1. The van der Waals surface area contributed by atoms with Crippen molar-refractivity contribution >= 4 is 5.97 Å².